The summed E-state index contributed by atoms with van der Waals surface area (Å²) in [6, 6.07) is 4.27. The van der Waals surface area contributed by atoms with Crippen LogP contribution in [-0.2, 0) is 0 Å². The molecule has 0 amide bonds. The number of anilines is 1. The predicted octanol–water partition coefficient (Wildman–Crippen LogP) is 1.45. The molecule has 0 aromatic carbocycles. The van der Waals surface area contributed by atoms with Crippen molar-refractivity contribution in [2.75, 3.05) is 18.1 Å². The molecule has 1 fully saturated rings. The molecule has 0 aliphatic carbocycles. The third-order valence-electron chi connectivity index (χ3n) is 3.43. The van der Waals surface area contributed by atoms with Crippen LogP contribution >= 0.6 is 0 Å². The minimum absolute atomic E-state index is 0.0199. The molecular formula is C13H21N3O. The molecule has 2 rings (SSSR count). The third-order valence-corrected chi connectivity index (χ3v) is 3.43. The van der Waals surface area contributed by atoms with Gasteiger partial charge in [0, 0.05) is 18.8 Å². The number of aliphatic hydroxyl groups is 1. The van der Waals surface area contributed by atoms with Crippen molar-refractivity contribution in [2.24, 2.45) is 5.73 Å². The normalized spacial score (nSPS) is 22.5. The number of rotatable bonds is 3. The number of pyridine rings is 1. The molecule has 2 heterocycles. The second-order valence-electron chi connectivity index (χ2n) is 4.76. The Bertz CT molecular complexity index is 350. The Balaban J connectivity index is 2.15. The molecular weight excluding hydrogens is 214 g/mol. The molecule has 17 heavy (non-hydrogen) atoms. The van der Waals surface area contributed by atoms with Crippen molar-refractivity contribution in [2.45, 2.75) is 38.3 Å². The molecule has 1 unspecified atom stereocenters. The van der Waals surface area contributed by atoms with Crippen LogP contribution in [0.5, 0.6) is 0 Å². The average Bonchev–Trinajstić information content (AvgIpc) is 2.39. The lowest BCUT2D eigenvalue weighted by Gasteiger charge is -2.35. The maximum absolute atomic E-state index is 9.38. The minimum Gasteiger partial charge on any atom is -0.394 e. The van der Waals surface area contributed by atoms with E-state index in [4.69, 9.17) is 5.73 Å². The molecule has 3 N–H and O–H groups in total. The van der Waals surface area contributed by atoms with Gasteiger partial charge < -0.3 is 15.7 Å². The Morgan fingerprint density at radius 1 is 1.53 bits per heavy atom. The van der Waals surface area contributed by atoms with Crippen LogP contribution in [0.4, 0.5) is 5.82 Å². The number of aromatic nitrogens is 1. The number of piperidine rings is 1. The average molecular weight is 235 g/mol. The lowest BCUT2D eigenvalue weighted by atomic mass is 10.0. The quantitative estimate of drug-likeness (QED) is 0.832. The van der Waals surface area contributed by atoms with E-state index in [1.54, 1.807) is 0 Å². The van der Waals surface area contributed by atoms with E-state index in [0.29, 0.717) is 0 Å². The minimum atomic E-state index is 0.0199. The summed E-state index contributed by atoms with van der Waals surface area (Å²) in [7, 11) is 0. The molecule has 4 nitrogen and oxygen atoms in total. The number of hydrogen-bond acceptors (Lipinski definition) is 4. The van der Waals surface area contributed by atoms with Gasteiger partial charge in [-0.05, 0) is 37.8 Å². The highest BCUT2D eigenvalue weighted by Crippen LogP contribution is 2.23. The lowest BCUT2D eigenvalue weighted by molar-refractivity contribution is 0.239. The summed E-state index contributed by atoms with van der Waals surface area (Å²) < 4.78 is 0. The molecule has 94 valence electrons. The molecule has 1 saturated heterocycles. The molecule has 1 aliphatic rings. The Labute approximate surface area is 102 Å². The van der Waals surface area contributed by atoms with E-state index < -0.39 is 0 Å². The van der Waals surface area contributed by atoms with Crippen LogP contribution in [0, 0.1) is 0 Å². The second kappa shape index (κ2) is 5.47. The fourth-order valence-electron chi connectivity index (χ4n) is 2.33. The van der Waals surface area contributed by atoms with Crippen molar-refractivity contribution < 1.29 is 5.11 Å². The van der Waals surface area contributed by atoms with Gasteiger partial charge in [-0.2, -0.15) is 0 Å². The predicted molar refractivity (Wildman–Crippen MR) is 68.9 cm³/mol. The summed E-state index contributed by atoms with van der Waals surface area (Å²) >= 11 is 0. The van der Waals surface area contributed by atoms with E-state index in [9.17, 15) is 5.11 Å². The fraction of sp³-hybridized carbons (Fsp3) is 0.615. The highest BCUT2D eigenvalue weighted by atomic mass is 16.3. The monoisotopic (exact) mass is 235 g/mol. The first-order valence-corrected chi connectivity index (χ1v) is 6.31. The highest BCUT2D eigenvalue weighted by molar-refractivity contribution is 5.41. The molecule has 1 aromatic heterocycles. The maximum Gasteiger partial charge on any atom is 0.128 e. The van der Waals surface area contributed by atoms with Crippen molar-refractivity contribution in [3.8, 4) is 0 Å². The van der Waals surface area contributed by atoms with Crippen LogP contribution in [0.25, 0.3) is 0 Å². The topological polar surface area (TPSA) is 62.4 Å². The zero-order valence-corrected chi connectivity index (χ0v) is 10.3. The largest absolute Gasteiger partial charge is 0.394 e. The van der Waals surface area contributed by atoms with Crippen molar-refractivity contribution in [3.05, 3.63) is 23.9 Å². The highest BCUT2D eigenvalue weighted by Gasteiger charge is 2.22. The summed E-state index contributed by atoms with van der Waals surface area (Å²) in [6.45, 7) is 3.14. The Kier molecular flexibility index (Phi) is 3.97. The van der Waals surface area contributed by atoms with Gasteiger partial charge in [0.2, 0.25) is 0 Å². The number of nitrogens with two attached hydrogens (primary N) is 1. The van der Waals surface area contributed by atoms with Gasteiger partial charge in [0.1, 0.15) is 5.82 Å². The standard InChI is InChI=1S/C13H21N3O/c1-10(14)11-5-6-13(15-8-11)16-7-3-2-4-12(16)9-17/h5-6,8,10,12,17H,2-4,7,9,14H2,1H3/t10-,12?/m1/s1. The number of aliphatic hydroxyl groups excluding tert-OH is 1. The SMILES string of the molecule is C[C@@H](N)c1ccc(N2CCCCC2CO)nc1. The first-order valence-electron chi connectivity index (χ1n) is 6.31. The molecule has 1 aromatic rings. The van der Waals surface area contributed by atoms with Crippen LogP contribution in [0.2, 0.25) is 0 Å². The summed E-state index contributed by atoms with van der Waals surface area (Å²) in [5.74, 6) is 0.952. The van der Waals surface area contributed by atoms with Crippen LogP contribution in [0.1, 0.15) is 37.8 Å². The van der Waals surface area contributed by atoms with Gasteiger partial charge in [0.25, 0.3) is 0 Å². The van der Waals surface area contributed by atoms with Crippen molar-refractivity contribution in [1.29, 1.82) is 0 Å². The third kappa shape index (κ3) is 2.76. The lowest BCUT2D eigenvalue weighted by Crippen LogP contribution is -2.42. The molecule has 0 spiro atoms. The van der Waals surface area contributed by atoms with Crippen LogP contribution in [-0.4, -0.2) is 29.3 Å². The molecule has 2 atom stereocenters. The van der Waals surface area contributed by atoms with Gasteiger partial charge in [0.15, 0.2) is 0 Å². The zero-order valence-electron chi connectivity index (χ0n) is 10.3. The van der Waals surface area contributed by atoms with Crippen LogP contribution in [0.3, 0.4) is 0 Å². The van der Waals surface area contributed by atoms with E-state index >= 15 is 0 Å². The molecule has 0 bridgehead atoms. The number of hydrogen-bond donors (Lipinski definition) is 2. The zero-order chi connectivity index (χ0) is 12.3. The van der Waals surface area contributed by atoms with Gasteiger partial charge in [-0.1, -0.05) is 6.07 Å². The molecule has 1 aliphatic heterocycles. The van der Waals surface area contributed by atoms with E-state index in [1.165, 1.54) is 12.8 Å². The summed E-state index contributed by atoms with van der Waals surface area (Å²) in [6.07, 6.45) is 5.25. The van der Waals surface area contributed by atoms with Crippen LogP contribution < -0.4 is 10.6 Å². The van der Waals surface area contributed by atoms with Gasteiger partial charge in [0.05, 0.1) is 12.6 Å². The summed E-state index contributed by atoms with van der Waals surface area (Å²) in [5, 5.41) is 9.38. The van der Waals surface area contributed by atoms with Crippen molar-refractivity contribution in [3.63, 3.8) is 0 Å². The smallest absolute Gasteiger partial charge is 0.128 e. The maximum atomic E-state index is 9.38. The summed E-state index contributed by atoms with van der Waals surface area (Å²) in [5.41, 5.74) is 6.85. The molecule has 4 heteroatoms. The van der Waals surface area contributed by atoms with Gasteiger partial charge >= 0.3 is 0 Å². The van der Waals surface area contributed by atoms with E-state index in [0.717, 1.165) is 24.3 Å². The van der Waals surface area contributed by atoms with E-state index in [1.807, 2.05) is 25.3 Å². The Morgan fingerprint density at radius 3 is 2.94 bits per heavy atom. The van der Waals surface area contributed by atoms with E-state index in [2.05, 4.69) is 9.88 Å². The van der Waals surface area contributed by atoms with Crippen molar-refractivity contribution in [1.82, 2.24) is 4.98 Å². The second-order valence-corrected chi connectivity index (χ2v) is 4.76. The van der Waals surface area contributed by atoms with Gasteiger partial charge in [-0.3, -0.25) is 0 Å². The Hall–Kier alpha value is -1.13. The fourth-order valence-corrected chi connectivity index (χ4v) is 2.33. The first kappa shape index (κ1) is 12.3. The molecule has 0 saturated carbocycles. The van der Waals surface area contributed by atoms with Gasteiger partial charge in [-0.25, -0.2) is 4.98 Å². The first-order chi connectivity index (χ1) is 8.22. The van der Waals surface area contributed by atoms with Crippen molar-refractivity contribution >= 4 is 5.82 Å². The van der Waals surface area contributed by atoms with Crippen LogP contribution in [0.15, 0.2) is 18.3 Å². The Morgan fingerprint density at radius 2 is 2.35 bits per heavy atom. The molecule has 0 radical (unpaired) electrons. The van der Waals surface area contributed by atoms with Gasteiger partial charge in [-0.15, -0.1) is 0 Å². The number of nitrogens with zero attached hydrogens (tertiary/aromatic N) is 2. The summed E-state index contributed by atoms with van der Waals surface area (Å²) in [4.78, 5) is 6.66. The van der Waals surface area contributed by atoms with E-state index in [-0.39, 0.29) is 18.7 Å².